The van der Waals surface area contributed by atoms with Gasteiger partial charge in [0.25, 0.3) is 10.2 Å². The summed E-state index contributed by atoms with van der Waals surface area (Å²) in [4.78, 5) is 2.27. The number of hydrogen-bond acceptors (Lipinski definition) is 3. The minimum atomic E-state index is -3.30. The topological polar surface area (TPSA) is 43.9 Å². The van der Waals surface area contributed by atoms with Crippen LogP contribution in [0.4, 0.5) is 0 Å². The van der Waals surface area contributed by atoms with E-state index in [0.717, 1.165) is 55.9 Å². The van der Waals surface area contributed by atoms with Crippen molar-refractivity contribution in [3.63, 3.8) is 0 Å². The smallest absolute Gasteiger partial charge is 0.282 e. The number of benzene rings is 1. The summed E-state index contributed by atoms with van der Waals surface area (Å²) in [7, 11) is -3.30. The van der Waals surface area contributed by atoms with Crippen LogP contribution in [0.25, 0.3) is 0 Å². The van der Waals surface area contributed by atoms with Gasteiger partial charge in [0.15, 0.2) is 0 Å². The Morgan fingerprint density at radius 3 is 2.04 bits per heavy atom. The lowest BCUT2D eigenvalue weighted by molar-refractivity contribution is 0.175. The largest absolute Gasteiger partial charge is 0.296 e. The van der Waals surface area contributed by atoms with E-state index in [9.17, 15) is 8.42 Å². The third kappa shape index (κ3) is 4.29. The van der Waals surface area contributed by atoms with E-state index in [1.807, 2.05) is 24.3 Å². The van der Waals surface area contributed by atoms with Crippen molar-refractivity contribution in [1.82, 2.24) is 13.5 Å². The van der Waals surface area contributed by atoms with E-state index >= 15 is 0 Å². The Balaban J connectivity index is 1.57. The summed E-state index contributed by atoms with van der Waals surface area (Å²) in [5.41, 5.74) is 1.10. The average molecular weight is 372 g/mol. The number of hydrogen-bond donors (Lipinski definition) is 0. The van der Waals surface area contributed by atoms with Crippen LogP contribution in [0.1, 0.15) is 31.2 Å². The predicted molar refractivity (Wildman–Crippen MR) is 97.3 cm³/mol. The second-order valence-electron chi connectivity index (χ2n) is 6.59. The first-order chi connectivity index (χ1) is 11.6. The maximum atomic E-state index is 12.8. The quantitative estimate of drug-likeness (QED) is 0.817. The Bertz CT molecular complexity index is 637. The van der Waals surface area contributed by atoms with E-state index in [4.69, 9.17) is 11.6 Å². The second-order valence-corrected chi connectivity index (χ2v) is 8.92. The van der Waals surface area contributed by atoms with Gasteiger partial charge in [-0.15, -0.1) is 0 Å². The fourth-order valence-electron chi connectivity index (χ4n) is 3.42. The van der Waals surface area contributed by atoms with Crippen LogP contribution in [0, 0.1) is 0 Å². The van der Waals surface area contributed by atoms with Crippen LogP contribution in [-0.2, 0) is 16.8 Å². The summed E-state index contributed by atoms with van der Waals surface area (Å²) in [5.74, 6) is 0. The zero-order valence-electron chi connectivity index (χ0n) is 14.0. The van der Waals surface area contributed by atoms with Crippen LogP contribution in [0.2, 0.25) is 5.02 Å². The Morgan fingerprint density at radius 1 is 0.833 bits per heavy atom. The van der Waals surface area contributed by atoms with Gasteiger partial charge in [0, 0.05) is 50.8 Å². The third-order valence-electron chi connectivity index (χ3n) is 4.90. The molecule has 2 aliphatic rings. The monoisotopic (exact) mass is 371 g/mol. The van der Waals surface area contributed by atoms with Crippen LogP contribution in [-0.4, -0.2) is 61.2 Å². The van der Waals surface area contributed by atoms with Gasteiger partial charge in [-0.2, -0.15) is 17.0 Å². The van der Waals surface area contributed by atoms with Gasteiger partial charge in [-0.05, 0) is 24.5 Å². The van der Waals surface area contributed by atoms with Crippen LogP contribution >= 0.6 is 11.6 Å². The van der Waals surface area contributed by atoms with Gasteiger partial charge in [-0.25, -0.2) is 0 Å². The molecule has 2 saturated heterocycles. The van der Waals surface area contributed by atoms with E-state index in [0.29, 0.717) is 26.2 Å². The van der Waals surface area contributed by atoms with Crippen LogP contribution in [0.15, 0.2) is 24.3 Å². The molecule has 0 saturated carbocycles. The summed E-state index contributed by atoms with van der Waals surface area (Å²) in [5, 5.41) is 0.775. The average Bonchev–Trinajstić information content (AvgIpc) is 2.87. The maximum absolute atomic E-state index is 12.8. The Kier molecular flexibility index (Phi) is 6.16. The highest BCUT2D eigenvalue weighted by atomic mass is 35.5. The van der Waals surface area contributed by atoms with Crippen molar-refractivity contribution in [2.45, 2.75) is 32.2 Å². The SMILES string of the molecule is O=S(=O)(N1CCCCCC1)N1CCN(Cc2ccccc2Cl)CC1. The molecule has 0 aromatic heterocycles. The molecule has 0 amide bonds. The van der Waals surface area contributed by atoms with Gasteiger partial charge in [0.1, 0.15) is 0 Å². The highest BCUT2D eigenvalue weighted by molar-refractivity contribution is 7.86. The van der Waals surface area contributed by atoms with E-state index in [1.54, 1.807) is 8.61 Å². The van der Waals surface area contributed by atoms with Crippen molar-refractivity contribution in [2.24, 2.45) is 0 Å². The fraction of sp³-hybridized carbons (Fsp3) is 0.647. The number of rotatable bonds is 4. The molecule has 0 bridgehead atoms. The molecule has 3 rings (SSSR count). The van der Waals surface area contributed by atoms with Gasteiger partial charge in [0.2, 0.25) is 0 Å². The first kappa shape index (κ1) is 18.1. The van der Waals surface area contributed by atoms with Gasteiger partial charge < -0.3 is 0 Å². The van der Waals surface area contributed by atoms with Crippen molar-refractivity contribution < 1.29 is 8.42 Å². The molecule has 0 radical (unpaired) electrons. The molecule has 1 aromatic carbocycles. The van der Waals surface area contributed by atoms with E-state index < -0.39 is 10.2 Å². The van der Waals surface area contributed by atoms with E-state index in [2.05, 4.69) is 4.90 Å². The molecule has 1 aromatic rings. The molecule has 24 heavy (non-hydrogen) atoms. The van der Waals surface area contributed by atoms with Crippen LogP contribution in [0.5, 0.6) is 0 Å². The van der Waals surface area contributed by atoms with Crippen molar-refractivity contribution in [1.29, 1.82) is 0 Å². The molecule has 2 aliphatic heterocycles. The summed E-state index contributed by atoms with van der Waals surface area (Å²) < 4.78 is 29.0. The van der Waals surface area contributed by atoms with E-state index in [1.165, 1.54) is 0 Å². The fourth-order valence-corrected chi connectivity index (χ4v) is 5.29. The van der Waals surface area contributed by atoms with Crippen LogP contribution in [0.3, 0.4) is 0 Å². The lowest BCUT2D eigenvalue weighted by Crippen LogP contribution is -2.52. The zero-order chi connectivity index (χ0) is 17.0. The second kappa shape index (κ2) is 8.15. The van der Waals surface area contributed by atoms with Gasteiger partial charge >= 0.3 is 0 Å². The maximum Gasteiger partial charge on any atom is 0.282 e. The summed E-state index contributed by atoms with van der Waals surface area (Å²) in [6.07, 6.45) is 4.23. The van der Waals surface area contributed by atoms with Crippen molar-refractivity contribution in [3.05, 3.63) is 34.9 Å². The first-order valence-corrected chi connectivity index (χ1v) is 10.6. The lowest BCUT2D eigenvalue weighted by atomic mass is 10.2. The molecule has 7 heteroatoms. The zero-order valence-corrected chi connectivity index (χ0v) is 15.6. The molecular weight excluding hydrogens is 346 g/mol. The number of nitrogens with zero attached hydrogens (tertiary/aromatic N) is 3. The minimum absolute atomic E-state index is 0.559. The summed E-state index contributed by atoms with van der Waals surface area (Å²) in [6.45, 7) is 4.73. The highest BCUT2D eigenvalue weighted by Crippen LogP contribution is 2.20. The predicted octanol–water partition coefficient (Wildman–Crippen LogP) is 2.58. The molecule has 0 spiro atoms. The summed E-state index contributed by atoms with van der Waals surface area (Å²) >= 11 is 6.22. The third-order valence-corrected chi connectivity index (χ3v) is 7.30. The Labute approximate surface area is 150 Å². The normalized spacial score (nSPS) is 22.4. The minimum Gasteiger partial charge on any atom is -0.296 e. The molecule has 0 atom stereocenters. The molecular formula is C17H26ClN3O2S. The van der Waals surface area contributed by atoms with Crippen molar-refractivity contribution in [3.8, 4) is 0 Å². The molecule has 2 fully saturated rings. The van der Waals surface area contributed by atoms with Gasteiger partial charge in [0.05, 0.1) is 0 Å². The van der Waals surface area contributed by atoms with Crippen molar-refractivity contribution >= 4 is 21.8 Å². The number of halogens is 1. The highest BCUT2D eigenvalue weighted by Gasteiger charge is 2.32. The molecule has 0 N–H and O–H groups in total. The molecule has 5 nitrogen and oxygen atoms in total. The summed E-state index contributed by atoms with van der Waals surface area (Å²) in [6, 6.07) is 7.85. The van der Waals surface area contributed by atoms with Crippen LogP contribution < -0.4 is 0 Å². The van der Waals surface area contributed by atoms with E-state index in [-0.39, 0.29) is 0 Å². The Hall–Kier alpha value is -0.660. The van der Waals surface area contributed by atoms with Crippen molar-refractivity contribution in [2.75, 3.05) is 39.3 Å². The van der Waals surface area contributed by atoms with Gasteiger partial charge in [-0.3, -0.25) is 4.90 Å². The standard InChI is InChI=1S/C17H26ClN3O2S/c18-17-8-4-3-7-16(17)15-19-11-13-21(14-12-19)24(22,23)20-9-5-1-2-6-10-20/h3-4,7-8H,1-2,5-6,9-15H2. The molecule has 134 valence electrons. The number of piperazine rings is 1. The molecule has 2 heterocycles. The lowest BCUT2D eigenvalue weighted by Gasteiger charge is -2.36. The molecule has 0 aliphatic carbocycles. The first-order valence-electron chi connectivity index (χ1n) is 8.78. The molecule has 0 unspecified atom stereocenters. The van der Waals surface area contributed by atoms with Gasteiger partial charge in [-0.1, -0.05) is 42.6 Å². The Morgan fingerprint density at radius 2 is 1.42 bits per heavy atom.